The molecule has 2 saturated heterocycles. The van der Waals surface area contributed by atoms with Gasteiger partial charge in [0.2, 0.25) is 0 Å². The molecule has 2 heterocycles. The summed E-state index contributed by atoms with van der Waals surface area (Å²) in [4.78, 5) is 0. The Morgan fingerprint density at radius 1 is 0.848 bits per heavy atom. The minimum atomic E-state index is -1.56. The number of aliphatic hydroxyl groups is 7. The summed E-state index contributed by atoms with van der Waals surface area (Å²) in [7, 11) is 0. The van der Waals surface area contributed by atoms with E-state index in [1.807, 2.05) is 13.0 Å². The van der Waals surface area contributed by atoms with Gasteiger partial charge in [-0.25, -0.2) is 0 Å². The lowest BCUT2D eigenvalue weighted by Crippen LogP contribution is -2.61. The minimum Gasteiger partial charge on any atom is -0.390 e. The van der Waals surface area contributed by atoms with Gasteiger partial charge in [0, 0.05) is 0 Å². The first kappa shape index (κ1) is 28.5. The molecular weight excluding hydrogens is 440 g/mol. The molecule has 11 nitrogen and oxygen atoms in total. The van der Waals surface area contributed by atoms with Gasteiger partial charge in [-0.1, -0.05) is 11.6 Å². The Balaban J connectivity index is 1.86. The summed E-state index contributed by atoms with van der Waals surface area (Å²) in [6, 6.07) is 0. The average Bonchev–Trinajstić information content (AvgIpc) is 2.73. The summed E-state index contributed by atoms with van der Waals surface area (Å²) in [6.07, 6.45) is -9.22. The number of ether oxygens (including phenoxy) is 4. The standard InChI is InChI=1S/C22H40O11/c1-11(6-5-8-22(3,4)29)7-9-30-20-19(28)17(26)15(24)13(33-20)10-31-21-18(27)16(25)14(23)12(2)32-21/h7,12-21,23-29H,5-6,8-10H2,1-4H3/b11-7+/t12-,13+,14-,15+,16+,17-,18-,19+,20+,21-/m0/s1. The average molecular weight is 481 g/mol. The van der Waals surface area contributed by atoms with E-state index in [0.29, 0.717) is 6.42 Å². The first-order chi connectivity index (χ1) is 15.3. The van der Waals surface area contributed by atoms with Crippen LogP contribution in [0.3, 0.4) is 0 Å². The maximum absolute atomic E-state index is 10.2. The summed E-state index contributed by atoms with van der Waals surface area (Å²) in [6.45, 7) is 6.69. The van der Waals surface area contributed by atoms with Crippen LogP contribution in [0.2, 0.25) is 0 Å². The molecule has 0 radical (unpaired) electrons. The molecule has 0 amide bonds. The molecule has 0 unspecified atom stereocenters. The Hall–Kier alpha value is -0.700. The molecule has 33 heavy (non-hydrogen) atoms. The van der Waals surface area contributed by atoms with Gasteiger partial charge < -0.3 is 54.7 Å². The monoisotopic (exact) mass is 480 g/mol. The number of rotatable bonds is 10. The highest BCUT2D eigenvalue weighted by Crippen LogP contribution is 2.26. The summed E-state index contributed by atoms with van der Waals surface area (Å²) in [5.41, 5.74) is 0.308. The van der Waals surface area contributed by atoms with Gasteiger partial charge in [-0.15, -0.1) is 0 Å². The highest BCUT2D eigenvalue weighted by Gasteiger charge is 2.46. The van der Waals surface area contributed by atoms with Crippen molar-refractivity contribution in [2.24, 2.45) is 0 Å². The van der Waals surface area contributed by atoms with E-state index in [0.717, 1.165) is 18.4 Å². The summed E-state index contributed by atoms with van der Waals surface area (Å²) >= 11 is 0. The van der Waals surface area contributed by atoms with Crippen molar-refractivity contribution in [1.82, 2.24) is 0 Å². The van der Waals surface area contributed by atoms with Crippen molar-refractivity contribution in [2.45, 2.75) is 114 Å². The SMILES string of the molecule is C/C(=C\CO[C@@H]1O[C@H](CO[C@H]2O[C@@H](C)[C@H](O)[C@@H](O)[C@@H]2O)[C@@H](O)[C@H](O)[C@H]1O)CCCC(C)(C)O. The first-order valence-electron chi connectivity index (χ1n) is 11.3. The van der Waals surface area contributed by atoms with E-state index in [1.54, 1.807) is 13.8 Å². The van der Waals surface area contributed by atoms with Crippen molar-refractivity contribution < 1.29 is 54.7 Å². The van der Waals surface area contributed by atoms with Crippen LogP contribution in [-0.2, 0) is 18.9 Å². The highest BCUT2D eigenvalue weighted by molar-refractivity contribution is 4.98. The second-order valence-corrected chi connectivity index (χ2v) is 9.58. The van der Waals surface area contributed by atoms with E-state index in [9.17, 15) is 35.7 Å². The van der Waals surface area contributed by atoms with E-state index in [4.69, 9.17) is 18.9 Å². The summed E-state index contributed by atoms with van der Waals surface area (Å²) < 4.78 is 21.9. The molecule has 0 aromatic rings. The van der Waals surface area contributed by atoms with Crippen molar-refractivity contribution in [1.29, 1.82) is 0 Å². The Bertz CT molecular complexity index is 622. The molecule has 0 aromatic carbocycles. The van der Waals surface area contributed by atoms with E-state index in [1.165, 1.54) is 6.92 Å². The molecule has 7 N–H and O–H groups in total. The van der Waals surface area contributed by atoms with Crippen molar-refractivity contribution in [3.63, 3.8) is 0 Å². The molecule has 0 saturated carbocycles. The van der Waals surface area contributed by atoms with E-state index in [2.05, 4.69) is 0 Å². The molecule has 0 aromatic heterocycles. The normalized spacial score (nSPS) is 40.8. The fourth-order valence-corrected chi connectivity index (χ4v) is 3.72. The third-order valence-electron chi connectivity index (χ3n) is 5.95. The van der Waals surface area contributed by atoms with Crippen molar-refractivity contribution in [3.8, 4) is 0 Å². The number of allylic oxidation sites excluding steroid dienone is 1. The fraction of sp³-hybridized carbons (Fsp3) is 0.909. The smallest absolute Gasteiger partial charge is 0.187 e. The molecule has 0 aliphatic carbocycles. The van der Waals surface area contributed by atoms with Gasteiger partial charge in [0.1, 0.15) is 42.7 Å². The van der Waals surface area contributed by atoms with Crippen LogP contribution in [-0.4, -0.2) is 116 Å². The molecule has 194 valence electrons. The van der Waals surface area contributed by atoms with Gasteiger partial charge in [0.25, 0.3) is 0 Å². The third-order valence-corrected chi connectivity index (χ3v) is 5.95. The molecule has 2 aliphatic rings. The lowest BCUT2D eigenvalue weighted by Gasteiger charge is -2.42. The maximum atomic E-state index is 10.2. The maximum Gasteiger partial charge on any atom is 0.187 e. The topological polar surface area (TPSA) is 179 Å². The fourth-order valence-electron chi connectivity index (χ4n) is 3.72. The zero-order valence-electron chi connectivity index (χ0n) is 19.6. The van der Waals surface area contributed by atoms with Gasteiger partial charge in [-0.05, 0) is 47.0 Å². The lowest BCUT2D eigenvalue weighted by molar-refractivity contribution is -0.326. The highest BCUT2D eigenvalue weighted by atomic mass is 16.7. The van der Waals surface area contributed by atoms with Crippen LogP contribution >= 0.6 is 0 Å². The van der Waals surface area contributed by atoms with Gasteiger partial charge in [-0.3, -0.25) is 0 Å². The number of aliphatic hydroxyl groups excluding tert-OH is 6. The lowest BCUT2D eigenvalue weighted by atomic mass is 9.98. The quantitative estimate of drug-likeness (QED) is 0.182. The Morgan fingerprint density at radius 2 is 1.42 bits per heavy atom. The van der Waals surface area contributed by atoms with Gasteiger partial charge in [0.15, 0.2) is 12.6 Å². The Labute approximate surface area is 194 Å². The van der Waals surface area contributed by atoms with Gasteiger partial charge in [0.05, 0.1) is 24.9 Å². The largest absolute Gasteiger partial charge is 0.390 e. The second kappa shape index (κ2) is 12.3. The van der Waals surface area contributed by atoms with Crippen LogP contribution in [0.25, 0.3) is 0 Å². The molecule has 2 rings (SSSR count). The Kier molecular flexibility index (Phi) is 10.7. The van der Waals surface area contributed by atoms with Crippen molar-refractivity contribution in [2.75, 3.05) is 13.2 Å². The number of hydrogen-bond donors (Lipinski definition) is 7. The second-order valence-electron chi connectivity index (χ2n) is 9.58. The van der Waals surface area contributed by atoms with Crippen LogP contribution in [0.5, 0.6) is 0 Å². The van der Waals surface area contributed by atoms with Crippen LogP contribution in [0.1, 0.15) is 47.0 Å². The predicted octanol–water partition coefficient (Wildman–Crippen LogP) is -1.46. The van der Waals surface area contributed by atoms with Crippen LogP contribution in [0.4, 0.5) is 0 Å². The van der Waals surface area contributed by atoms with Crippen molar-refractivity contribution in [3.05, 3.63) is 11.6 Å². The molecule has 10 atom stereocenters. The number of hydrogen-bond acceptors (Lipinski definition) is 11. The van der Waals surface area contributed by atoms with Gasteiger partial charge >= 0.3 is 0 Å². The molecular formula is C22H40O11. The molecule has 0 spiro atoms. The van der Waals surface area contributed by atoms with Crippen LogP contribution < -0.4 is 0 Å². The van der Waals surface area contributed by atoms with E-state index >= 15 is 0 Å². The van der Waals surface area contributed by atoms with E-state index < -0.39 is 67.0 Å². The minimum absolute atomic E-state index is 0.0957. The van der Waals surface area contributed by atoms with Crippen molar-refractivity contribution >= 4 is 0 Å². The molecule has 2 aliphatic heterocycles. The zero-order valence-corrected chi connectivity index (χ0v) is 19.6. The molecule has 0 bridgehead atoms. The van der Waals surface area contributed by atoms with Crippen LogP contribution in [0.15, 0.2) is 11.6 Å². The molecule has 11 heteroatoms. The Morgan fingerprint density at radius 3 is 2.03 bits per heavy atom. The predicted molar refractivity (Wildman–Crippen MR) is 115 cm³/mol. The van der Waals surface area contributed by atoms with E-state index in [-0.39, 0.29) is 13.2 Å². The molecule has 2 fully saturated rings. The van der Waals surface area contributed by atoms with Gasteiger partial charge in [-0.2, -0.15) is 0 Å². The summed E-state index contributed by atoms with van der Waals surface area (Å²) in [5.74, 6) is 0. The zero-order chi connectivity index (χ0) is 24.9. The summed E-state index contributed by atoms with van der Waals surface area (Å²) in [5, 5.41) is 70.1. The third kappa shape index (κ3) is 8.18. The van der Waals surface area contributed by atoms with Crippen LogP contribution in [0, 0.1) is 0 Å². The first-order valence-corrected chi connectivity index (χ1v) is 11.3.